The molecule has 4 aromatic carbocycles. The van der Waals surface area contributed by atoms with E-state index in [0.717, 1.165) is 21.9 Å². The average Bonchev–Trinajstić information content (AvgIpc) is 2.84. The van der Waals surface area contributed by atoms with E-state index in [1.165, 1.54) is 0 Å². The van der Waals surface area contributed by atoms with Crippen LogP contribution in [-0.2, 0) is 11.4 Å². The van der Waals surface area contributed by atoms with Gasteiger partial charge >= 0.3 is 0 Å². The number of nitrogens with one attached hydrogen (secondary N) is 1. The van der Waals surface area contributed by atoms with E-state index in [2.05, 4.69) is 5.32 Å². The second kappa shape index (κ2) is 10.0. The highest BCUT2D eigenvalue weighted by molar-refractivity contribution is 6.31. The third-order valence-electron chi connectivity index (χ3n) is 5.25. The first-order chi connectivity index (χ1) is 16.0. The van der Waals surface area contributed by atoms with Gasteiger partial charge in [-0.25, -0.2) is 0 Å². The van der Waals surface area contributed by atoms with Crippen molar-refractivity contribution in [2.75, 3.05) is 5.32 Å². The van der Waals surface area contributed by atoms with E-state index in [-0.39, 0.29) is 5.57 Å². The van der Waals surface area contributed by atoms with Crippen LogP contribution in [0.2, 0.25) is 5.02 Å². The molecule has 0 fully saturated rings. The van der Waals surface area contributed by atoms with Crippen LogP contribution in [0.1, 0.15) is 16.7 Å². The molecule has 5 heteroatoms. The minimum atomic E-state index is -0.514. The average molecular weight is 453 g/mol. The van der Waals surface area contributed by atoms with Crippen LogP contribution in [-0.4, -0.2) is 5.91 Å². The number of carbonyl (C=O) groups excluding carboxylic acids is 1. The minimum absolute atomic E-state index is 0.0346. The van der Waals surface area contributed by atoms with Gasteiger partial charge in [-0.05, 0) is 53.1 Å². The summed E-state index contributed by atoms with van der Waals surface area (Å²) < 4.78 is 6.10. The molecule has 0 aromatic heterocycles. The summed E-state index contributed by atoms with van der Waals surface area (Å²) in [4.78, 5) is 12.9. The Kier molecular flexibility index (Phi) is 6.73. The normalized spacial score (nSPS) is 11.1. The fraction of sp³-hybridized carbons (Fsp3) is 0.0714. The number of hydrogen-bond acceptors (Lipinski definition) is 3. The van der Waals surface area contributed by atoms with Crippen LogP contribution in [0.3, 0.4) is 0 Å². The fourth-order valence-corrected chi connectivity index (χ4v) is 3.63. The van der Waals surface area contributed by atoms with Gasteiger partial charge in [-0.15, -0.1) is 0 Å². The first kappa shape index (κ1) is 22.1. The maximum atomic E-state index is 12.9. The van der Waals surface area contributed by atoms with Crippen LogP contribution >= 0.6 is 11.6 Å². The van der Waals surface area contributed by atoms with E-state index in [1.54, 1.807) is 18.2 Å². The lowest BCUT2D eigenvalue weighted by Crippen LogP contribution is -2.13. The third-order valence-corrected chi connectivity index (χ3v) is 5.66. The second-order valence-corrected chi connectivity index (χ2v) is 7.97. The number of nitrogens with zero attached hydrogens (tertiary/aromatic N) is 1. The van der Waals surface area contributed by atoms with E-state index in [1.807, 2.05) is 85.8 Å². The van der Waals surface area contributed by atoms with Crippen molar-refractivity contribution in [3.05, 3.63) is 112 Å². The summed E-state index contributed by atoms with van der Waals surface area (Å²) in [6.45, 7) is 2.25. The van der Waals surface area contributed by atoms with Crippen LogP contribution in [0.4, 0.5) is 5.69 Å². The molecule has 0 aliphatic carbocycles. The summed E-state index contributed by atoms with van der Waals surface area (Å²) in [5.41, 5.74) is 3.09. The second-order valence-electron chi connectivity index (χ2n) is 7.56. The summed E-state index contributed by atoms with van der Waals surface area (Å²) in [5.74, 6) is 0.0795. The fourth-order valence-electron chi connectivity index (χ4n) is 3.45. The van der Waals surface area contributed by atoms with Crippen molar-refractivity contribution >= 4 is 40.0 Å². The highest BCUT2D eigenvalue weighted by Gasteiger charge is 2.14. The number of hydrogen-bond donors (Lipinski definition) is 1. The van der Waals surface area contributed by atoms with Crippen LogP contribution < -0.4 is 10.1 Å². The van der Waals surface area contributed by atoms with Gasteiger partial charge in [0.15, 0.2) is 0 Å². The molecule has 4 aromatic rings. The number of nitriles is 1. The van der Waals surface area contributed by atoms with Crippen molar-refractivity contribution in [3.8, 4) is 11.8 Å². The van der Waals surface area contributed by atoms with Gasteiger partial charge in [0.25, 0.3) is 5.91 Å². The highest BCUT2D eigenvalue weighted by atomic mass is 35.5. The number of aryl methyl sites for hydroxylation is 1. The SMILES string of the molecule is Cc1ccc(NC(=O)/C(C#N)=C/c2c(OCc3ccccc3)ccc3ccccc23)cc1Cl. The number of ether oxygens (including phenoxy) is 1. The van der Waals surface area contributed by atoms with E-state index >= 15 is 0 Å². The molecule has 0 atom stereocenters. The van der Waals surface area contributed by atoms with Crippen molar-refractivity contribution < 1.29 is 9.53 Å². The molecular weight excluding hydrogens is 432 g/mol. The van der Waals surface area contributed by atoms with Gasteiger partial charge in [-0.2, -0.15) is 5.26 Å². The molecule has 0 unspecified atom stereocenters. The van der Waals surface area contributed by atoms with Crippen molar-refractivity contribution in [3.63, 3.8) is 0 Å². The van der Waals surface area contributed by atoms with E-state index in [4.69, 9.17) is 16.3 Å². The predicted molar refractivity (Wildman–Crippen MR) is 133 cm³/mol. The van der Waals surface area contributed by atoms with Gasteiger partial charge < -0.3 is 10.1 Å². The molecular formula is C28H21ClN2O2. The Bertz CT molecular complexity index is 1390. The molecule has 162 valence electrons. The van der Waals surface area contributed by atoms with Crippen molar-refractivity contribution in [1.82, 2.24) is 0 Å². The molecule has 0 aliphatic rings. The van der Waals surface area contributed by atoms with Gasteiger partial charge in [0, 0.05) is 16.3 Å². The largest absolute Gasteiger partial charge is 0.488 e. The topological polar surface area (TPSA) is 62.1 Å². The predicted octanol–water partition coefficient (Wildman–Crippen LogP) is 6.93. The minimum Gasteiger partial charge on any atom is -0.488 e. The zero-order valence-corrected chi connectivity index (χ0v) is 18.8. The molecule has 0 aliphatic heterocycles. The zero-order chi connectivity index (χ0) is 23.2. The molecule has 0 saturated heterocycles. The zero-order valence-electron chi connectivity index (χ0n) is 18.0. The number of carbonyl (C=O) groups is 1. The quantitative estimate of drug-likeness (QED) is 0.255. The maximum Gasteiger partial charge on any atom is 0.266 e. The van der Waals surface area contributed by atoms with E-state index < -0.39 is 5.91 Å². The number of rotatable bonds is 6. The Balaban J connectivity index is 1.70. The first-order valence-electron chi connectivity index (χ1n) is 10.4. The van der Waals surface area contributed by atoms with E-state index in [0.29, 0.717) is 28.6 Å². The van der Waals surface area contributed by atoms with Gasteiger partial charge in [-0.1, -0.05) is 78.3 Å². The van der Waals surface area contributed by atoms with Crippen LogP contribution in [0, 0.1) is 18.3 Å². The molecule has 0 radical (unpaired) electrons. The van der Waals surface area contributed by atoms with Crippen molar-refractivity contribution in [1.29, 1.82) is 5.26 Å². The Labute approximate surface area is 197 Å². The molecule has 0 heterocycles. The van der Waals surface area contributed by atoms with Gasteiger partial charge in [0.1, 0.15) is 24.0 Å². The molecule has 0 bridgehead atoms. The molecule has 4 nitrogen and oxygen atoms in total. The lowest BCUT2D eigenvalue weighted by atomic mass is 10.0. The van der Waals surface area contributed by atoms with Gasteiger partial charge in [0.2, 0.25) is 0 Å². The number of amides is 1. The summed E-state index contributed by atoms with van der Waals surface area (Å²) in [6.07, 6.45) is 1.58. The summed E-state index contributed by atoms with van der Waals surface area (Å²) in [5, 5.41) is 14.9. The van der Waals surface area contributed by atoms with Crippen LogP contribution in [0.5, 0.6) is 5.75 Å². The molecule has 1 N–H and O–H groups in total. The number of anilines is 1. The van der Waals surface area contributed by atoms with Crippen molar-refractivity contribution in [2.45, 2.75) is 13.5 Å². The Hall–Kier alpha value is -4.07. The number of fused-ring (bicyclic) bond motifs is 1. The molecule has 4 rings (SSSR count). The molecule has 1 amide bonds. The molecule has 0 spiro atoms. The molecule has 0 saturated carbocycles. The van der Waals surface area contributed by atoms with Crippen molar-refractivity contribution in [2.24, 2.45) is 0 Å². The van der Waals surface area contributed by atoms with Gasteiger partial charge in [-0.3, -0.25) is 4.79 Å². The monoisotopic (exact) mass is 452 g/mol. The maximum absolute atomic E-state index is 12.9. The highest BCUT2D eigenvalue weighted by Crippen LogP contribution is 2.31. The summed E-state index contributed by atoms with van der Waals surface area (Å²) >= 11 is 6.16. The van der Waals surface area contributed by atoms with Gasteiger partial charge in [0.05, 0.1) is 0 Å². The standard InChI is InChI=1S/C28H21ClN2O2/c1-19-11-13-23(16-26(19)29)31-28(32)22(17-30)15-25-24-10-6-5-9-21(24)12-14-27(25)33-18-20-7-3-2-4-8-20/h2-16H,18H2,1H3,(H,31,32)/b22-15+. The Morgan fingerprint density at radius 3 is 2.55 bits per heavy atom. The van der Waals surface area contributed by atoms with Crippen LogP contribution in [0.15, 0.2) is 90.5 Å². The number of benzene rings is 4. The smallest absolute Gasteiger partial charge is 0.266 e. The van der Waals surface area contributed by atoms with E-state index in [9.17, 15) is 10.1 Å². The third kappa shape index (κ3) is 5.23. The first-order valence-corrected chi connectivity index (χ1v) is 10.8. The lowest BCUT2D eigenvalue weighted by Gasteiger charge is -2.13. The molecule has 33 heavy (non-hydrogen) atoms. The Morgan fingerprint density at radius 1 is 1.03 bits per heavy atom. The summed E-state index contributed by atoms with van der Waals surface area (Å²) in [7, 11) is 0. The lowest BCUT2D eigenvalue weighted by molar-refractivity contribution is -0.112. The Morgan fingerprint density at radius 2 is 1.79 bits per heavy atom. The number of halogens is 1. The van der Waals surface area contributed by atoms with Crippen LogP contribution in [0.25, 0.3) is 16.8 Å². The summed E-state index contributed by atoms with van der Waals surface area (Å²) in [6, 6.07) is 28.7.